The summed E-state index contributed by atoms with van der Waals surface area (Å²) in [6.07, 6.45) is 2.16. The van der Waals surface area contributed by atoms with E-state index in [1.165, 1.54) is 0 Å². The molecule has 0 saturated heterocycles. The lowest BCUT2D eigenvalue weighted by molar-refractivity contribution is -0.134. The lowest BCUT2D eigenvalue weighted by Crippen LogP contribution is -2.39. The quantitative estimate of drug-likeness (QED) is 0.435. The number of anilines is 2. The number of alkyl halides is 2. The molecule has 8 heteroatoms. The predicted octanol–water partition coefficient (Wildman–Crippen LogP) is 4.89. The molecule has 2 saturated carbocycles. The average molecular weight is 439 g/mol. The number of carbonyl (C=O) groups is 1. The van der Waals surface area contributed by atoms with Crippen LogP contribution in [0.1, 0.15) is 64.5 Å². The number of carbonyl (C=O) groups excluding carboxylic acids is 1. The molecule has 2 aliphatic carbocycles. The normalized spacial score (nSPS) is 23.7. The Morgan fingerprint density at radius 1 is 1.23 bits per heavy atom. The first-order chi connectivity index (χ1) is 14.1. The fourth-order valence-electron chi connectivity index (χ4n) is 4.18. The summed E-state index contributed by atoms with van der Waals surface area (Å²) in [7, 11) is 0. The minimum absolute atomic E-state index is 0.0428. The van der Waals surface area contributed by atoms with Crippen molar-refractivity contribution < 1.29 is 13.6 Å². The van der Waals surface area contributed by atoms with Gasteiger partial charge in [-0.3, -0.25) is 9.52 Å². The van der Waals surface area contributed by atoms with E-state index in [1.54, 1.807) is 11.9 Å². The molecule has 0 radical (unpaired) electrons. The summed E-state index contributed by atoms with van der Waals surface area (Å²) in [5.74, 6) is -2.44. The van der Waals surface area contributed by atoms with Gasteiger partial charge in [-0.05, 0) is 63.1 Å². The Bertz CT molecular complexity index is 786. The molecule has 5 nitrogen and oxygen atoms in total. The van der Waals surface area contributed by atoms with E-state index in [-0.39, 0.29) is 48.0 Å². The van der Waals surface area contributed by atoms with Gasteiger partial charge in [-0.15, -0.1) is 0 Å². The van der Waals surface area contributed by atoms with Crippen molar-refractivity contribution >= 4 is 29.2 Å². The van der Waals surface area contributed by atoms with E-state index in [0.717, 1.165) is 36.3 Å². The molecule has 3 aliphatic rings. The molecule has 0 bridgehead atoms. The van der Waals surface area contributed by atoms with E-state index < -0.39 is 5.92 Å². The van der Waals surface area contributed by atoms with Gasteiger partial charge in [0, 0.05) is 30.6 Å². The number of amides is 1. The Morgan fingerprint density at radius 2 is 1.93 bits per heavy atom. The highest BCUT2D eigenvalue weighted by Crippen LogP contribution is 2.45. The van der Waals surface area contributed by atoms with Gasteiger partial charge in [-0.1, -0.05) is 18.0 Å². The molecule has 166 valence electrons. The predicted molar refractivity (Wildman–Crippen MR) is 119 cm³/mol. The number of benzene rings is 1. The minimum Gasteiger partial charge on any atom is -0.363 e. The van der Waals surface area contributed by atoms with Crippen LogP contribution in [0.4, 0.5) is 20.2 Å². The highest BCUT2D eigenvalue weighted by atomic mass is 32.2. The van der Waals surface area contributed by atoms with Crippen LogP contribution >= 0.6 is 11.9 Å². The number of hydrogen-bond donors (Lipinski definition) is 4. The van der Waals surface area contributed by atoms with Crippen LogP contribution < -0.4 is 20.7 Å². The SMILES string of the molecule is CC(C)(C)SNCC1Nc2ccc(C(NC(=O)CC3CC(F)(F)C3)C3CC3)cc2N1. The Labute approximate surface area is 181 Å². The number of rotatable bonds is 8. The molecule has 0 spiro atoms. The van der Waals surface area contributed by atoms with Gasteiger partial charge in [0.25, 0.3) is 0 Å². The molecule has 2 atom stereocenters. The van der Waals surface area contributed by atoms with Crippen molar-refractivity contribution in [3.05, 3.63) is 23.8 Å². The van der Waals surface area contributed by atoms with Crippen molar-refractivity contribution in [1.82, 2.24) is 10.0 Å². The van der Waals surface area contributed by atoms with Crippen molar-refractivity contribution in [2.45, 2.75) is 75.8 Å². The van der Waals surface area contributed by atoms with Gasteiger partial charge >= 0.3 is 0 Å². The van der Waals surface area contributed by atoms with Crippen LogP contribution in [0.2, 0.25) is 0 Å². The van der Waals surface area contributed by atoms with E-state index in [2.05, 4.69) is 59.6 Å². The molecule has 4 rings (SSSR count). The van der Waals surface area contributed by atoms with Gasteiger partial charge < -0.3 is 16.0 Å². The maximum atomic E-state index is 13.0. The molecular formula is C22H32F2N4OS. The zero-order valence-corrected chi connectivity index (χ0v) is 18.7. The first-order valence-electron chi connectivity index (χ1n) is 10.8. The molecule has 1 aromatic rings. The van der Waals surface area contributed by atoms with Crippen LogP contribution in [-0.4, -0.2) is 29.3 Å². The fourth-order valence-corrected chi connectivity index (χ4v) is 4.87. The lowest BCUT2D eigenvalue weighted by atomic mass is 9.79. The summed E-state index contributed by atoms with van der Waals surface area (Å²) in [5, 5.41) is 10.1. The minimum atomic E-state index is -2.57. The van der Waals surface area contributed by atoms with Gasteiger partial charge in [-0.2, -0.15) is 0 Å². The van der Waals surface area contributed by atoms with Crippen molar-refractivity contribution in [2.75, 3.05) is 17.2 Å². The molecule has 2 fully saturated rings. The Morgan fingerprint density at radius 3 is 2.57 bits per heavy atom. The second-order valence-corrected chi connectivity index (χ2v) is 11.6. The molecule has 30 heavy (non-hydrogen) atoms. The van der Waals surface area contributed by atoms with Crippen LogP contribution in [0.5, 0.6) is 0 Å². The van der Waals surface area contributed by atoms with Crippen molar-refractivity contribution in [3.63, 3.8) is 0 Å². The maximum absolute atomic E-state index is 13.0. The summed E-state index contributed by atoms with van der Waals surface area (Å²) in [6.45, 7) is 7.29. The highest BCUT2D eigenvalue weighted by molar-refractivity contribution is 7.98. The molecular weight excluding hydrogens is 406 g/mol. The Hall–Kier alpha value is -1.54. The second kappa shape index (κ2) is 8.19. The lowest BCUT2D eigenvalue weighted by Gasteiger charge is -2.34. The standard InChI is InChI=1S/C22H32F2N4OS/c1-21(2,3)30-25-12-18-26-16-7-6-15(9-17(16)27-18)20(14-4-5-14)28-19(29)8-13-10-22(23,24)11-13/h6-7,9,13-14,18,20,25-27H,4-5,8,10-12H2,1-3H3,(H,28,29). The van der Waals surface area contributed by atoms with Crippen molar-refractivity contribution in [1.29, 1.82) is 0 Å². The first-order valence-corrected chi connectivity index (χ1v) is 11.6. The van der Waals surface area contributed by atoms with Gasteiger partial charge in [-0.25, -0.2) is 8.78 Å². The van der Waals surface area contributed by atoms with Crippen LogP contribution in [0.3, 0.4) is 0 Å². The topological polar surface area (TPSA) is 65.2 Å². The Balaban J connectivity index is 1.33. The van der Waals surface area contributed by atoms with E-state index in [9.17, 15) is 13.6 Å². The van der Waals surface area contributed by atoms with Gasteiger partial charge in [0.05, 0.1) is 17.4 Å². The van der Waals surface area contributed by atoms with Gasteiger partial charge in [0.2, 0.25) is 11.8 Å². The largest absolute Gasteiger partial charge is 0.363 e. The first kappa shape index (κ1) is 21.7. The third kappa shape index (κ3) is 5.58. The summed E-state index contributed by atoms with van der Waals surface area (Å²) in [6, 6.07) is 6.19. The van der Waals surface area contributed by atoms with Crippen LogP contribution in [-0.2, 0) is 4.79 Å². The van der Waals surface area contributed by atoms with Crippen molar-refractivity contribution in [2.24, 2.45) is 11.8 Å². The van der Waals surface area contributed by atoms with Crippen LogP contribution in [0.25, 0.3) is 0 Å². The summed E-state index contributed by atoms with van der Waals surface area (Å²) >= 11 is 1.71. The monoisotopic (exact) mass is 438 g/mol. The number of halogens is 2. The molecule has 1 aromatic carbocycles. The zero-order chi connectivity index (χ0) is 21.5. The molecule has 1 amide bonds. The summed E-state index contributed by atoms with van der Waals surface area (Å²) in [4.78, 5) is 12.5. The van der Waals surface area contributed by atoms with Gasteiger partial charge in [0.1, 0.15) is 6.17 Å². The van der Waals surface area contributed by atoms with Crippen LogP contribution in [0, 0.1) is 11.8 Å². The smallest absolute Gasteiger partial charge is 0.248 e. The van der Waals surface area contributed by atoms with E-state index in [4.69, 9.17) is 0 Å². The molecule has 1 aliphatic heterocycles. The van der Waals surface area contributed by atoms with E-state index in [1.807, 2.05) is 0 Å². The number of nitrogens with one attached hydrogen (secondary N) is 4. The third-order valence-corrected chi connectivity index (χ3v) is 6.71. The number of fused-ring (bicyclic) bond motifs is 1. The zero-order valence-electron chi connectivity index (χ0n) is 17.9. The third-order valence-electron chi connectivity index (χ3n) is 5.79. The highest BCUT2D eigenvalue weighted by Gasteiger charge is 2.46. The summed E-state index contributed by atoms with van der Waals surface area (Å²) < 4.78 is 29.7. The van der Waals surface area contributed by atoms with E-state index >= 15 is 0 Å². The summed E-state index contributed by atoms with van der Waals surface area (Å²) in [5.41, 5.74) is 3.18. The molecule has 2 unspecified atom stereocenters. The van der Waals surface area contributed by atoms with Crippen molar-refractivity contribution in [3.8, 4) is 0 Å². The Kier molecular flexibility index (Phi) is 5.92. The average Bonchev–Trinajstić information content (AvgIpc) is 3.36. The molecule has 4 N–H and O–H groups in total. The van der Waals surface area contributed by atoms with E-state index in [0.29, 0.717) is 5.92 Å². The maximum Gasteiger partial charge on any atom is 0.248 e. The van der Waals surface area contributed by atoms with Gasteiger partial charge in [0.15, 0.2) is 0 Å². The second-order valence-electron chi connectivity index (χ2n) is 9.93. The number of hydrogen-bond acceptors (Lipinski definition) is 5. The molecule has 0 aromatic heterocycles. The fraction of sp³-hybridized carbons (Fsp3) is 0.682. The van der Waals surface area contributed by atoms with Crippen LogP contribution in [0.15, 0.2) is 18.2 Å². The molecule has 1 heterocycles.